The van der Waals surface area contributed by atoms with E-state index in [0.717, 1.165) is 60.7 Å². The number of halogens is 4. The Morgan fingerprint density at radius 2 is 1.32 bits per heavy atom. The number of nitrogens with zero attached hydrogens (tertiary/aromatic N) is 2. The van der Waals surface area contributed by atoms with Gasteiger partial charge in [-0.2, -0.15) is 0 Å². The predicted molar refractivity (Wildman–Crippen MR) is 445 cm³/mol. The lowest BCUT2D eigenvalue weighted by Gasteiger charge is -2.48. The molecule has 18 atom stereocenters. The van der Waals surface area contributed by atoms with E-state index in [9.17, 15) is 65.1 Å². The number of amides is 9. The molecular weight excluding hydrogens is 1700 g/mol. The van der Waals surface area contributed by atoms with Crippen molar-refractivity contribution >= 4 is 99.6 Å². The van der Waals surface area contributed by atoms with E-state index in [1.165, 1.54) is 44.4 Å². The molecule has 0 saturated carbocycles. The number of hydrogen-bond donors (Lipinski definition) is 20. The second-order valence-electron chi connectivity index (χ2n) is 32.2. The van der Waals surface area contributed by atoms with Gasteiger partial charge in [-0.1, -0.05) is 84.5 Å². The van der Waals surface area contributed by atoms with Crippen LogP contribution in [0, 0.1) is 5.92 Å². The van der Waals surface area contributed by atoms with Crippen LogP contribution in [0.2, 0.25) is 20.1 Å². The van der Waals surface area contributed by atoms with Gasteiger partial charge in [0.15, 0.2) is 23.9 Å². The molecular formula is C83H99Cl4N13O24. The molecule has 124 heavy (non-hydrogen) atoms. The molecule has 41 heteroatoms. The summed E-state index contributed by atoms with van der Waals surface area (Å²) in [6, 6.07) is 5.16. The molecule has 0 aliphatic carbocycles. The number of likely N-dealkylation sites (tertiary alicyclic amines) is 1. The van der Waals surface area contributed by atoms with Crippen molar-refractivity contribution in [2.24, 2.45) is 11.7 Å². The molecule has 21 N–H and O–H groups in total. The summed E-state index contributed by atoms with van der Waals surface area (Å²) in [6.07, 6.45) is -17.2. The number of nitrogens with one attached hydrogen (secondary N) is 10. The second-order valence-corrected chi connectivity index (χ2v) is 33.8. The Hall–Kier alpha value is -10.0. The third-order valence-corrected chi connectivity index (χ3v) is 23.7. The monoisotopic (exact) mass is 1800 g/mol. The van der Waals surface area contributed by atoms with Crippen LogP contribution in [0.4, 0.5) is 0 Å². The molecule has 6 aromatic rings. The van der Waals surface area contributed by atoms with Gasteiger partial charge < -0.3 is 133 Å². The largest absolute Gasteiger partial charge is 0.508 e. The Labute approximate surface area is 731 Å². The summed E-state index contributed by atoms with van der Waals surface area (Å²) in [7, 11) is 4.32. The number of nitrogens with two attached hydrogens (primary N) is 1. The van der Waals surface area contributed by atoms with Crippen molar-refractivity contribution < 1.29 is 118 Å². The van der Waals surface area contributed by atoms with Gasteiger partial charge in [0.05, 0.1) is 57.8 Å². The van der Waals surface area contributed by atoms with E-state index in [2.05, 4.69) is 58.2 Å². The standard InChI is InChI=1S/C83H99Cl4N13O24/c1-35(2)22-50(89-5)75(112)96-66-68(107)39-10-14-54(48(86)26-39)120-56-28-41-29-57(72(56)124-82-73(71(110)70(109)58(34-101)122-82)123-61-33-83(4,74(111)36(3)119-61)90-18-21-100-19-16-42(17-20-100)91-60(106)24-37-8-12-46(84)47(85)23-37)121-55-15-11-40(27-49(55)87)69(108)67-80(117)95-65(81(118)98-99(6)7)45-30-43(102)31-53(104)62(45)44-25-38(9-13-52(44)103)63(77(114)97-67)94-78(115)64(41)93-76(113)51(32-59(88)105)92-79(66)116/h8-15,23,25-31,35-36,42,50-51,58,61,63-71,73-74,82,89-90,101-104,107-111H,16-22,24,32-34H2,1-7H3,(H2,88,105)(H,91,106)(H,92,116)(H,93,113)(H,94,115)(H,95,117)(H,96,112)(H,97,114)(H,98,118)/t36-,50+,51-,58+,61-,63+,64+,65+,66+,67-,68+,69+,70+,71-,73+,74+,82-,83-/m0/s1. The van der Waals surface area contributed by atoms with Crippen molar-refractivity contribution in [3.05, 3.63) is 151 Å². The Morgan fingerprint density at radius 3 is 1.94 bits per heavy atom. The lowest BCUT2D eigenvalue weighted by atomic mass is 9.85. The zero-order valence-corrected chi connectivity index (χ0v) is 71.1. The smallest absolute Gasteiger partial charge is 0.261 e. The Bertz CT molecular complexity index is 5030. The SMILES string of the molecule is CN[C@H](CC(C)C)C(=O)N[C@H]1C(=O)N[C@@H](CC(N)=O)C(=O)N[C@H]2C(=O)N[C@H]3C(=O)N[C@H](C(=O)N[C@@H](C(=O)NN(C)C)c4cc(O)cc(O)c4-c4cc3ccc4O)[C@H](O)c3ccc(c(Cl)c3)Oc3cc2cc(c3O[C@@H]2O[C@H](CO)[C@@H](O)[C@H](O)[C@H]2O[C@H]2C[C@](C)(NCCN3CCC(NC(=O)Cc4ccc(Cl)c(Cl)c4)CC3)[C@H](O)[C@H](C)O2)Oc2ccc(cc2Cl)[C@H]1O. The molecule has 0 unspecified atom stereocenters. The molecule has 668 valence electrons. The summed E-state index contributed by atoms with van der Waals surface area (Å²) in [4.78, 5) is 135. The molecule has 0 spiro atoms. The van der Waals surface area contributed by atoms with Crippen LogP contribution in [0.1, 0.15) is 124 Å². The van der Waals surface area contributed by atoms with E-state index in [1.54, 1.807) is 32.0 Å². The maximum Gasteiger partial charge on any atom is 0.261 e. The van der Waals surface area contributed by atoms with Gasteiger partial charge in [0.2, 0.25) is 59.3 Å². The third-order valence-electron chi connectivity index (χ3n) is 22.3. The van der Waals surface area contributed by atoms with Gasteiger partial charge in [0.25, 0.3) is 5.91 Å². The summed E-state index contributed by atoms with van der Waals surface area (Å²) in [5.41, 5.74) is 5.40. The van der Waals surface area contributed by atoms with Crippen molar-refractivity contribution in [1.82, 2.24) is 63.2 Å². The molecule has 3 saturated heterocycles. The van der Waals surface area contributed by atoms with Gasteiger partial charge in [-0.3, -0.25) is 48.6 Å². The highest BCUT2D eigenvalue weighted by Gasteiger charge is 2.52. The van der Waals surface area contributed by atoms with Crippen LogP contribution in [0.3, 0.4) is 0 Å². The molecule has 3 fully saturated rings. The number of likely N-dealkylation sites (N-methyl/N-ethyl adjacent to an activating group) is 1. The van der Waals surface area contributed by atoms with Crippen molar-refractivity contribution in [1.29, 1.82) is 0 Å². The molecule has 0 radical (unpaired) electrons. The van der Waals surface area contributed by atoms with Crippen LogP contribution in [-0.4, -0.2) is 248 Å². The van der Waals surface area contributed by atoms with Crippen LogP contribution in [0.15, 0.2) is 97.1 Å². The lowest BCUT2D eigenvalue weighted by molar-refractivity contribution is -0.334. The van der Waals surface area contributed by atoms with Gasteiger partial charge in [-0.25, -0.2) is 5.01 Å². The number of carbonyl (C=O) groups excluding carboxylic acids is 9. The molecule has 0 aromatic heterocycles. The Balaban J connectivity index is 0.983. The minimum Gasteiger partial charge on any atom is -0.508 e. The number of aromatic hydroxyl groups is 3. The minimum absolute atomic E-state index is 0.0978. The number of hydrogen-bond acceptors (Lipinski definition) is 28. The molecule has 8 aliphatic heterocycles. The fraction of sp³-hybridized carbons (Fsp3) is 0.458. The van der Waals surface area contributed by atoms with E-state index in [1.807, 2.05) is 13.8 Å². The number of primary amides is 1. The zero-order valence-electron chi connectivity index (χ0n) is 68.1. The number of aliphatic hydroxyl groups excluding tert-OH is 6. The molecule has 8 aliphatic rings. The average Bonchev–Trinajstić information content (AvgIpc) is 0.763. The van der Waals surface area contributed by atoms with Gasteiger partial charge >= 0.3 is 0 Å². The summed E-state index contributed by atoms with van der Waals surface area (Å²) in [5.74, 6) is -15.0. The molecule has 37 nitrogen and oxygen atoms in total. The van der Waals surface area contributed by atoms with Crippen LogP contribution in [0.25, 0.3) is 11.1 Å². The summed E-state index contributed by atoms with van der Waals surface area (Å²) >= 11 is 26.7. The summed E-state index contributed by atoms with van der Waals surface area (Å²) < 4.78 is 39.7. The first-order valence-corrected chi connectivity index (χ1v) is 41.4. The van der Waals surface area contributed by atoms with Crippen molar-refractivity contribution in [2.75, 3.05) is 53.9 Å². The van der Waals surface area contributed by atoms with Crippen LogP contribution in [0.5, 0.6) is 46.0 Å². The van der Waals surface area contributed by atoms with Gasteiger partial charge in [0.1, 0.15) is 95.5 Å². The van der Waals surface area contributed by atoms with Gasteiger partial charge in [-0.15, -0.1) is 0 Å². The maximum atomic E-state index is 16.3. The number of fused-ring (bicyclic) bond motifs is 15. The highest BCUT2D eigenvalue weighted by atomic mass is 35.5. The van der Waals surface area contributed by atoms with Crippen LogP contribution >= 0.6 is 46.4 Å². The topological polar surface area (TPSA) is 544 Å². The first-order valence-electron chi connectivity index (χ1n) is 39.9. The number of hydrazine groups is 1. The van der Waals surface area contributed by atoms with Gasteiger partial charge in [-0.05, 0) is 146 Å². The van der Waals surface area contributed by atoms with Crippen LogP contribution in [-0.2, 0) is 63.8 Å². The maximum absolute atomic E-state index is 16.3. The van der Waals surface area contributed by atoms with E-state index in [-0.39, 0.29) is 75.9 Å². The van der Waals surface area contributed by atoms with E-state index >= 15 is 24.0 Å². The van der Waals surface area contributed by atoms with E-state index < -0.39 is 226 Å². The Morgan fingerprint density at radius 1 is 0.685 bits per heavy atom. The molecule has 14 rings (SSSR count). The number of piperidine rings is 1. The van der Waals surface area contributed by atoms with Crippen molar-refractivity contribution in [2.45, 2.75) is 182 Å². The first-order chi connectivity index (χ1) is 58.8. The highest BCUT2D eigenvalue weighted by Crippen LogP contribution is 2.50. The zero-order chi connectivity index (χ0) is 89.8. The fourth-order valence-corrected chi connectivity index (χ4v) is 16.6. The predicted octanol–water partition coefficient (Wildman–Crippen LogP) is 2.38. The normalized spacial score (nSPS) is 27.2. The number of benzene rings is 6. The molecule has 6 aromatic carbocycles. The number of phenols is 3. The van der Waals surface area contributed by atoms with Gasteiger partial charge in [0, 0.05) is 75.5 Å². The summed E-state index contributed by atoms with van der Waals surface area (Å²) in [6.45, 7) is 8.01. The Kier molecular flexibility index (Phi) is 29.8. The fourth-order valence-electron chi connectivity index (χ4n) is 15.9. The second kappa shape index (κ2) is 39.7. The quantitative estimate of drug-likeness (QED) is 0.0460. The molecule has 11 bridgehead atoms. The van der Waals surface area contributed by atoms with Crippen LogP contribution < -0.4 is 73.2 Å². The van der Waals surface area contributed by atoms with Crippen molar-refractivity contribution in [3.63, 3.8) is 0 Å². The number of rotatable bonds is 21. The number of carbonyl (C=O) groups is 9. The summed E-state index contributed by atoms with van der Waals surface area (Å²) in [5, 5.41) is 132. The van der Waals surface area contributed by atoms with E-state index in [4.69, 9.17) is 80.6 Å². The third kappa shape index (κ3) is 21.4. The minimum atomic E-state index is -2.36. The van der Waals surface area contributed by atoms with E-state index in [0.29, 0.717) is 54.6 Å². The number of phenolic OH excluding ortho intramolecular Hbond substituents is 3. The average molecular weight is 1800 g/mol. The number of aliphatic hydroxyl groups is 6. The lowest BCUT2D eigenvalue weighted by Crippen LogP contribution is -2.66. The molecule has 8 heterocycles. The first kappa shape index (κ1) is 93.2. The highest BCUT2D eigenvalue weighted by molar-refractivity contribution is 6.42. The molecule has 9 amide bonds. The number of ether oxygens (including phenoxy) is 6. The van der Waals surface area contributed by atoms with Crippen molar-refractivity contribution in [3.8, 4) is 57.1 Å².